The summed E-state index contributed by atoms with van der Waals surface area (Å²) in [5.41, 5.74) is 0.410. The molecule has 1 aliphatic rings. The van der Waals surface area contributed by atoms with E-state index >= 15 is 0 Å². The second-order valence-electron chi connectivity index (χ2n) is 5.26. The molecule has 1 unspecified atom stereocenters. The topological polar surface area (TPSA) is 77.8 Å². The van der Waals surface area contributed by atoms with Crippen molar-refractivity contribution in [1.82, 2.24) is 3.97 Å². The third kappa shape index (κ3) is 3.28. The number of benzene rings is 1. The molecular weight excluding hydrogens is 318 g/mol. The molecular formula is C16H18NO5S+. The predicted molar refractivity (Wildman–Crippen MR) is 82.8 cm³/mol. The Labute approximate surface area is 135 Å². The smallest absolute Gasteiger partial charge is 0.267 e. The number of nitrogens with zero attached hydrogens (tertiary/aromatic N) is 1. The molecule has 0 spiro atoms. The Morgan fingerprint density at radius 2 is 1.96 bits per heavy atom. The monoisotopic (exact) mass is 336 g/mol. The summed E-state index contributed by atoms with van der Waals surface area (Å²) >= 11 is 0. The van der Waals surface area contributed by atoms with Crippen molar-refractivity contribution in [3.05, 3.63) is 61.0 Å². The molecule has 122 valence electrons. The molecule has 2 aromatic rings. The fourth-order valence-corrected chi connectivity index (χ4v) is 3.67. The van der Waals surface area contributed by atoms with E-state index in [9.17, 15) is 13.5 Å². The van der Waals surface area contributed by atoms with E-state index < -0.39 is 15.8 Å². The molecule has 1 N–H and O–H groups in total. The molecule has 1 fully saturated rings. The average Bonchev–Trinajstić information content (AvgIpc) is 3.03. The number of hydrogen-bond donors (Lipinski definition) is 1. The minimum atomic E-state index is -3.68. The molecule has 3 rings (SSSR count). The quantitative estimate of drug-likeness (QED) is 0.866. The zero-order valence-corrected chi connectivity index (χ0v) is 13.3. The Balaban J connectivity index is 1.90. The Bertz CT molecular complexity index is 746. The SMILES string of the molecule is O=S(=O)(c1ccccc1)n1ccc(C2(O)CC[CH+]OCCO2)c1. The lowest BCUT2D eigenvalue weighted by molar-refractivity contribution is -0.228. The minimum absolute atomic E-state index is 0.189. The summed E-state index contributed by atoms with van der Waals surface area (Å²) in [7, 11) is -3.68. The molecule has 7 heteroatoms. The van der Waals surface area contributed by atoms with E-state index in [2.05, 4.69) is 0 Å². The minimum Gasteiger partial charge on any atom is -0.362 e. The fraction of sp³-hybridized carbons (Fsp3) is 0.312. The highest BCUT2D eigenvalue weighted by atomic mass is 32.2. The molecule has 23 heavy (non-hydrogen) atoms. The molecule has 0 saturated carbocycles. The van der Waals surface area contributed by atoms with Crippen LogP contribution in [0, 0.1) is 6.61 Å². The van der Waals surface area contributed by atoms with Gasteiger partial charge in [0.1, 0.15) is 13.0 Å². The first-order valence-electron chi connectivity index (χ1n) is 7.31. The third-order valence-electron chi connectivity index (χ3n) is 3.70. The molecule has 1 atom stereocenters. The summed E-state index contributed by atoms with van der Waals surface area (Å²) in [5, 5.41) is 10.7. The van der Waals surface area contributed by atoms with Gasteiger partial charge in [-0.15, -0.1) is 0 Å². The summed E-state index contributed by atoms with van der Waals surface area (Å²) in [6, 6.07) is 9.70. The summed E-state index contributed by atoms with van der Waals surface area (Å²) < 4.78 is 36.9. The first kappa shape index (κ1) is 16.1. The van der Waals surface area contributed by atoms with Gasteiger partial charge in [-0.1, -0.05) is 18.2 Å². The molecule has 0 radical (unpaired) electrons. The highest BCUT2D eigenvalue weighted by molar-refractivity contribution is 7.90. The van der Waals surface area contributed by atoms with Gasteiger partial charge in [-0.3, -0.25) is 0 Å². The van der Waals surface area contributed by atoms with Crippen LogP contribution in [0.3, 0.4) is 0 Å². The first-order valence-corrected chi connectivity index (χ1v) is 8.75. The van der Waals surface area contributed by atoms with E-state index in [0.717, 1.165) is 3.97 Å². The van der Waals surface area contributed by atoms with Gasteiger partial charge in [0.15, 0.2) is 5.79 Å². The lowest BCUT2D eigenvalue weighted by Crippen LogP contribution is -2.32. The van der Waals surface area contributed by atoms with E-state index in [0.29, 0.717) is 25.0 Å². The number of aromatic nitrogens is 1. The number of hydrogen-bond acceptors (Lipinski definition) is 5. The molecule has 1 aliphatic heterocycles. The van der Waals surface area contributed by atoms with Crippen LogP contribution in [0.1, 0.15) is 18.4 Å². The van der Waals surface area contributed by atoms with Crippen LogP contribution >= 0.6 is 0 Å². The zero-order valence-electron chi connectivity index (χ0n) is 12.5. The standard InChI is InChI=1S/C16H18NO5S/c18-16(8-4-10-21-11-12-22-16)14-7-9-17(13-14)23(19,20)15-5-2-1-3-6-15/h1-3,5-7,9-10,13,18H,4,8,11-12H2/q+1. The molecule has 1 aromatic heterocycles. The van der Waals surface area contributed by atoms with Crippen molar-refractivity contribution in [3.8, 4) is 0 Å². The van der Waals surface area contributed by atoms with Crippen molar-refractivity contribution in [2.75, 3.05) is 13.2 Å². The van der Waals surface area contributed by atoms with E-state index in [1.54, 1.807) is 30.9 Å². The van der Waals surface area contributed by atoms with Gasteiger partial charge >= 0.3 is 0 Å². The van der Waals surface area contributed by atoms with Gasteiger partial charge in [0.25, 0.3) is 10.0 Å². The lowest BCUT2D eigenvalue weighted by atomic mass is 10.0. The van der Waals surface area contributed by atoms with E-state index in [1.807, 2.05) is 0 Å². The van der Waals surface area contributed by atoms with Crippen LogP contribution in [0.2, 0.25) is 0 Å². The van der Waals surface area contributed by atoms with Crippen LogP contribution in [0.15, 0.2) is 53.7 Å². The number of rotatable bonds is 3. The van der Waals surface area contributed by atoms with Crippen LogP contribution < -0.4 is 0 Å². The summed E-state index contributed by atoms with van der Waals surface area (Å²) in [6.07, 6.45) is 3.61. The maximum atomic E-state index is 12.6. The van der Waals surface area contributed by atoms with Gasteiger partial charge in [-0.2, -0.15) is 4.74 Å². The van der Waals surface area contributed by atoms with Crippen molar-refractivity contribution >= 4 is 10.0 Å². The normalized spacial score (nSPS) is 22.8. The highest BCUT2D eigenvalue weighted by Crippen LogP contribution is 2.31. The number of aliphatic hydroxyl groups is 1. The fourth-order valence-electron chi connectivity index (χ4n) is 2.45. The summed E-state index contributed by atoms with van der Waals surface area (Å²) in [5.74, 6) is -1.52. The Morgan fingerprint density at radius 1 is 1.17 bits per heavy atom. The van der Waals surface area contributed by atoms with Gasteiger partial charge in [0, 0.05) is 24.4 Å². The molecule has 6 nitrogen and oxygen atoms in total. The largest absolute Gasteiger partial charge is 0.362 e. The third-order valence-corrected chi connectivity index (χ3v) is 5.35. The van der Waals surface area contributed by atoms with Crippen LogP contribution in [-0.2, 0) is 25.3 Å². The molecule has 0 amide bonds. The van der Waals surface area contributed by atoms with Gasteiger partial charge in [0.05, 0.1) is 11.5 Å². The van der Waals surface area contributed by atoms with Crippen molar-refractivity contribution in [2.24, 2.45) is 0 Å². The molecule has 2 heterocycles. The van der Waals surface area contributed by atoms with Crippen LogP contribution in [0.25, 0.3) is 0 Å². The van der Waals surface area contributed by atoms with E-state index in [-0.39, 0.29) is 11.5 Å². The average molecular weight is 336 g/mol. The van der Waals surface area contributed by atoms with E-state index in [4.69, 9.17) is 9.47 Å². The van der Waals surface area contributed by atoms with Gasteiger partial charge in [-0.25, -0.2) is 12.4 Å². The van der Waals surface area contributed by atoms with Gasteiger partial charge in [-0.05, 0) is 18.2 Å². The maximum Gasteiger partial charge on any atom is 0.267 e. The van der Waals surface area contributed by atoms with Crippen LogP contribution in [0.4, 0.5) is 0 Å². The molecule has 1 aromatic carbocycles. The summed E-state index contributed by atoms with van der Waals surface area (Å²) in [6.45, 7) is 2.21. The van der Waals surface area contributed by atoms with Crippen molar-refractivity contribution < 1.29 is 23.0 Å². The maximum absolute atomic E-state index is 12.6. The van der Waals surface area contributed by atoms with Gasteiger partial charge in [0.2, 0.25) is 6.61 Å². The van der Waals surface area contributed by atoms with E-state index in [1.165, 1.54) is 24.5 Å². The van der Waals surface area contributed by atoms with Gasteiger partial charge < -0.3 is 9.84 Å². The molecule has 0 bridgehead atoms. The Morgan fingerprint density at radius 3 is 2.74 bits per heavy atom. The zero-order chi connectivity index (χ0) is 16.3. The molecule has 1 saturated heterocycles. The second-order valence-corrected chi connectivity index (χ2v) is 7.10. The molecule has 0 aliphatic carbocycles. The van der Waals surface area contributed by atoms with Crippen molar-refractivity contribution in [3.63, 3.8) is 0 Å². The van der Waals surface area contributed by atoms with Crippen LogP contribution in [0.5, 0.6) is 0 Å². The summed E-state index contributed by atoms with van der Waals surface area (Å²) in [4.78, 5) is 0.189. The van der Waals surface area contributed by atoms with Crippen LogP contribution in [-0.4, -0.2) is 30.7 Å². The van der Waals surface area contributed by atoms with Crippen molar-refractivity contribution in [1.29, 1.82) is 0 Å². The lowest BCUT2D eigenvalue weighted by Gasteiger charge is -2.27. The number of ether oxygens (including phenoxy) is 2. The van der Waals surface area contributed by atoms with Crippen molar-refractivity contribution in [2.45, 2.75) is 23.5 Å². The first-order chi connectivity index (χ1) is 11.0. The Kier molecular flexibility index (Phi) is 4.45. The Hall–Kier alpha value is -1.80. The second kappa shape index (κ2) is 6.37. The highest BCUT2D eigenvalue weighted by Gasteiger charge is 2.35. The predicted octanol–water partition coefficient (Wildman–Crippen LogP) is 1.86.